The fourth-order valence-corrected chi connectivity index (χ4v) is 8.17. The van der Waals surface area contributed by atoms with E-state index in [0.29, 0.717) is 17.8 Å². The van der Waals surface area contributed by atoms with E-state index in [1.807, 2.05) is 6.08 Å². The van der Waals surface area contributed by atoms with Gasteiger partial charge in [0.05, 0.1) is 17.3 Å². The molecule has 10 atom stereocenters. The predicted molar refractivity (Wildman–Crippen MR) is 127 cm³/mol. The molecule has 0 amide bonds. The Morgan fingerprint density at radius 3 is 2.39 bits per heavy atom. The molecule has 1 heterocycles. The lowest BCUT2D eigenvalue weighted by Crippen LogP contribution is -2.62. The monoisotopic (exact) mass is 430 g/mol. The summed E-state index contributed by atoms with van der Waals surface area (Å²) in [7, 11) is 0. The lowest BCUT2D eigenvalue weighted by Gasteiger charge is -2.55. The third kappa shape index (κ3) is 3.16. The Morgan fingerprint density at radius 1 is 1.13 bits per heavy atom. The number of fused-ring (bicyclic) bond motifs is 1. The highest BCUT2D eigenvalue weighted by molar-refractivity contribution is 5.32. The van der Waals surface area contributed by atoms with Crippen LogP contribution in [0.5, 0.6) is 0 Å². The molecule has 4 rings (SSSR count). The van der Waals surface area contributed by atoms with Gasteiger partial charge in [0.2, 0.25) is 0 Å². The topological polar surface area (TPSA) is 42.0 Å². The summed E-state index contributed by atoms with van der Waals surface area (Å²) < 4.78 is 13.3. The standard InChI is InChI=1S/C28H46O3/c1-10-18(3)22-17-25(8)20(12-13-23(25)30-24(5,6)7)16-27(22,29)26(9)28(31-26)15-14-19(4)21(28)11-2/h10-11,18-23,29H,1-2,12-17H2,3-9H3/t18-,19-,20+,21-,22+,23+,25+,26+,27+,28-/m1/s1. The normalized spacial score (nSPS) is 52.7. The van der Waals surface area contributed by atoms with Gasteiger partial charge in [-0.1, -0.05) is 32.9 Å². The molecule has 4 aliphatic rings. The second-order valence-corrected chi connectivity index (χ2v) is 12.8. The Hall–Kier alpha value is -0.640. The highest BCUT2D eigenvalue weighted by atomic mass is 16.6. The van der Waals surface area contributed by atoms with E-state index in [-0.39, 0.29) is 34.6 Å². The summed E-state index contributed by atoms with van der Waals surface area (Å²) in [5, 5.41) is 12.6. The van der Waals surface area contributed by atoms with Crippen molar-refractivity contribution in [2.75, 3.05) is 0 Å². The Kier molecular flexibility index (Phi) is 5.44. The average Bonchev–Trinajstić information content (AvgIpc) is 3.01. The molecular formula is C28H46O3. The Bertz CT molecular complexity index is 739. The zero-order chi connectivity index (χ0) is 23.0. The van der Waals surface area contributed by atoms with Gasteiger partial charge in [-0.15, -0.1) is 13.2 Å². The number of allylic oxidation sites excluding steroid dienone is 1. The molecule has 0 aromatic carbocycles. The van der Waals surface area contributed by atoms with Crippen molar-refractivity contribution in [2.24, 2.45) is 35.0 Å². The van der Waals surface area contributed by atoms with E-state index >= 15 is 0 Å². The molecule has 176 valence electrons. The van der Waals surface area contributed by atoms with E-state index in [2.05, 4.69) is 67.7 Å². The van der Waals surface area contributed by atoms with Gasteiger partial charge in [0.25, 0.3) is 0 Å². The van der Waals surface area contributed by atoms with Crippen LogP contribution in [-0.2, 0) is 9.47 Å². The number of aliphatic hydroxyl groups is 1. The lowest BCUT2D eigenvalue weighted by atomic mass is 9.52. The smallest absolute Gasteiger partial charge is 0.125 e. The van der Waals surface area contributed by atoms with E-state index < -0.39 is 11.2 Å². The van der Waals surface area contributed by atoms with Crippen LogP contribution in [0.3, 0.4) is 0 Å². The Balaban J connectivity index is 1.70. The van der Waals surface area contributed by atoms with E-state index in [0.717, 1.165) is 38.5 Å². The van der Waals surface area contributed by atoms with Gasteiger partial charge < -0.3 is 14.6 Å². The molecule has 3 nitrogen and oxygen atoms in total. The molecule has 0 aromatic rings. The summed E-state index contributed by atoms with van der Waals surface area (Å²) in [6.07, 6.45) is 10.5. The summed E-state index contributed by atoms with van der Waals surface area (Å²) in [6, 6.07) is 0. The third-order valence-corrected chi connectivity index (χ3v) is 10.1. The van der Waals surface area contributed by atoms with E-state index in [4.69, 9.17) is 9.47 Å². The molecular weight excluding hydrogens is 384 g/mol. The second kappa shape index (κ2) is 7.18. The minimum absolute atomic E-state index is 0.0840. The SMILES string of the molecule is C=C[C@@H](C)[C@@H]1C[C@@]2(C)[C@@H](CC[C@@H]2OC(C)(C)C)C[C@@]1(O)[C@]1(C)O[C@@]12CC[C@@H](C)[C@H]2C=C. The Labute approximate surface area is 190 Å². The molecule has 3 aliphatic carbocycles. The third-order valence-electron chi connectivity index (χ3n) is 10.1. The Morgan fingerprint density at radius 2 is 1.81 bits per heavy atom. The fraction of sp³-hybridized carbons (Fsp3) is 0.857. The molecule has 0 bridgehead atoms. The average molecular weight is 431 g/mol. The van der Waals surface area contributed by atoms with Crippen molar-refractivity contribution in [1.29, 1.82) is 0 Å². The largest absolute Gasteiger partial charge is 0.386 e. The molecule has 31 heavy (non-hydrogen) atoms. The highest BCUT2D eigenvalue weighted by Crippen LogP contribution is 2.72. The van der Waals surface area contributed by atoms with Crippen molar-refractivity contribution in [2.45, 2.75) is 115 Å². The first-order valence-electron chi connectivity index (χ1n) is 12.6. The van der Waals surface area contributed by atoms with Crippen LogP contribution in [0.15, 0.2) is 25.3 Å². The number of epoxide rings is 1. The molecule has 3 saturated carbocycles. The van der Waals surface area contributed by atoms with Gasteiger partial charge in [0.15, 0.2) is 0 Å². The second-order valence-electron chi connectivity index (χ2n) is 12.8. The lowest BCUT2D eigenvalue weighted by molar-refractivity contribution is -0.185. The van der Waals surface area contributed by atoms with Crippen LogP contribution in [0.1, 0.15) is 87.0 Å². The molecule has 0 aromatic heterocycles. The molecule has 1 aliphatic heterocycles. The van der Waals surface area contributed by atoms with Gasteiger partial charge in [-0.2, -0.15) is 0 Å². The van der Waals surface area contributed by atoms with Crippen molar-refractivity contribution in [3.05, 3.63) is 25.3 Å². The molecule has 0 unspecified atom stereocenters. The molecule has 1 saturated heterocycles. The van der Waals surface area contributed by atoms with Crippen LogP contribution >= 0.6 is 0 Å². The minimum Gasteiger partial charge on any atom is -0.386 e. The summed E-state index contributed by atoms with van der Waals surface area (Å²) >= 11 is 0. The van der Waals surface area contributed by atoms with E-state index in [9.17, 15) is 5.11 Å². The summed E-state index contributed by atoms with van der Waals surface area (Å²) in [4.78, 5) is 0. The van der Waals surface area contributed by atoms with Crippen molar-refractivity contribution in [3.63, 3.8) is 0 Å². The van der Waals surface area contributed by atoms with E-state index in [1.54, 1.807) is 0 Å². The maximum absolute atomic E-state index is 12.6. The molecule has 1 spiro atoms. The van der Waals surface area contributed by atoms with Gasteiger partial charge >= 0.3 is 0 Å². The van der Waals surface area contributed by atoms with Crippen LogP contribution in [-0.4, -0.2) is 33.6 Å². The molecule has 3 heteroatoms. The van der Waals surface area contributed by atoms with Crippen LogP contribution in [0.25, 0.3) is 0 Å². The van der Waals surface area contributed by atoms with Crippen molar-refractivity contribution in [3.8, 4) is 0 Å². The van der Waals surface area contributed by atoms with Gasteiger partial charge in [-0.05, 0) is 95.3 Å². The van der Waals surface area contributed by atoms with Crippen molar-refractivity contribution >= 4 is 0 Å². The maximum Gasteiger partial charge on any atom is 0.125 e. The number of hydrogen-bond acceptors (Lipinski definition) is 3. The van der Waals surface area contributed by atoms with Crippen LogP contribution in [0.4, 0.5) is 0 Å². The summed E-state index contributed by atoms with van der Waals surface area (Å²) in [6.45, 7) is 23.9. The van der Waals surface area contributed by atoms with Gasteiger partial charge in [-0.25, -0.2) is 0 Å². The first kappa shape index (κ1) is 23.5. The van der Waals surface area contributed by atoms with Crippen LogP contribution < -0.4 is 0 Å². The number of hydrogen-bond donors (Lipinski definition) is 1. The number of rotatable bonds is 5. The minimum atomic E-state index is -0.854. The fourth-order valence-electron chi connectivity index (χ4n) is 8.17. The van der Waals surface area contributed by atoms with E-state index in [1.165, 1.54) is 0 Å². The number of ether oxygens (including phenoxy) is 2. The van der Waals surface area contributed by atoms with Gasteiger partial charge in [0.1, 0.15) is 11.2 Å². The summed E-state index contributed by atoms with van der Waals surface area (Å²) in [5.41, 5.74) is -1.69. The van der Waals surface area contributed by atoms with Gasteiger partial charge in [-0.3, -0.25) is 0 Å². The highest BCUT2D eigenvalue weighted by Gasteiger charge is 2.81. The molecule has 1 N–H and O–H groups in total. The summed E-state index contributed by atoms with van der Waals surface area (Å²) in [5.74, 6) is 1.66. The quantitative estimate of drug-likeness (QED) is 0.410. The van der Waals surface area contributed by atoms with Crippen molar-refractivity contribution < 1.29 is 14.6 Å². The first-order chi connectivity index (χ1) is 14.3. The van der Waals surface area contributed by atoms with Gasteiger partial charge in [0, 0.05) is 5.92 Å². The molecule has 0 radical (unpaired) electrons. The zero-order valence-corrected chi connectivity index (χ0v) is 21.0. The maximum atomic E-state index is 12.6. The molecule has 4 fully saturated rings. The van der Waals surface area contributed by atoms with Crippen LogP contribution in [0, 0.1) is 35.0 Å². The van der Waals surface area contributed by atoms with Crippen molar-refractivity contribution in [1.82, 2.24) is 0 Å². The first-order valence-corrected chi connectivity index (χ1v) is 12.6. The van der Waals surface area contributed by atoms with Crippen LogP contribution in [0.2, 0.25) is 0 Å². The predicted octanol–water partition coefficient (Wildman–Crippen LogP) is 6.31. The zero-order valence-electron chi connectivity index (χ0n) is 21.0.